The Bertz CT molecular complexity index is 344. The molecule has 0 bridgehead atoms. The van der Waals surface area contributed by atoms with Gasteiger partial charge in [0, 0.05) is 12.6 Å². The van der Waals surface area contributed by atoms with Crippen molar-refractivity contribution in [3.8, 4) is 0 Å². The first-order chi connectivity index (χ1) is 7.17. The quantitative estimate of drug-likeness (QED) is 0.823. The molecule has 15 heavy (non-hydrogen) atoms. The van der Waals surface area contributed by atoms with Crippen molar-refractivity contribution in [2.24, 2.45) is 5.73 Å². The molecule has 1 atom stereocenters. The Morgan fingerprint density at radius 2 is 2.00 bits per heavy atom. The van der Waals surface area contributed by atoms with Gasteiger partial charge in [-0.3, -0.25) is 0 Å². The van der Waals surface area contributed by atoms with Crippen LogP contribution in [0.2, 0.25) is 0 Å². The molecule has 0 radical (unpaired) electrons. The monoisotopic (exact) mass is 205 g/mol. The van der Waals surface area contributed by atoms with Crippen molar-refractivity contribution in [3.05, 3.63) is 35.4 Å². The summed E-state index contributed by atoms with van der Waals surface area (Å²) >= 11 is 0. The van der Waals surface area contributed by atoms with Gasteiger partial charge in [-0.25, -0.2) is 0 Å². The van der Waals surface area contributed by atoms with E-state index < -0.39 is 0 Å². The van der Waals surface area contributed by atoms with Crippen LogP contribution in [0.25, 0.3) is 0 Å². The molecule has 1 saturated carbocycles. The van der Waals surface area contributed by atoms with Crippen LogP contribution in [0.15, 0.2) is 24.3 Å². The summed E-state index contributed by atoms with van der Waals surface area (Å²) in [5.74, 6) is 0. The molecule has 2 nitrogen and oxygen atoms in total. The average Bonchev–Trinajstić information content (AvgIpc) is 2.25. The topological polar surface area (TPSA) is 35.2 Å². The van der Waals surface area contributed by atoms with Gasteiger partial charge < -0.3 is 10.5 Å². The van der Waals surface area contributed by atoms with E-state index >= 15 is 0 Å². The van der Waals surface area contributed by atoms with E-state index in [1.54, 1.807) is 7.11 Å². The number of hydrogen-bond acceptors (Lipinski definition) is 2. The molecule has 0 aliphatic heterocycles. The van der Waals surface area contributed by atoms with Gasteiger partial charge in [-0.15, -0.1) is 0 Å². The highest BCUT2D eigenvalue weighted by Crippen LogP contribution is 2.41. The summed E-state index contributed by atoms with van der Waals surface area (Å²) in [6.07, 6.45) is 3.56. The molecular weight excluding hydrogens is 186 g/mol. The predicted molar refractivity (Wildman–Crippen MR) is 61.6 cm³/mol. The lowest BCUT2D eigenvalue weighted by atomic mass is 9.71. The Kier molecular flexibility index (Phi) is 2.81. The molecular formula is C13H19NO. The van der Waals surface area contributed by atoms with Gasteiger partial charge >= 0.3 is 0 Å². The van der Waals surface area contributed by atoms with Crippen LogP contribution in [0, 0.1) is 0 Å². The van der Waals surface area contributed by atoms with Crippen LogP contribution in [0.5, 0.6) is 0 Å². The zero-order chi connectivity index (χ0) is 10.9. The highest BCUT2D eigenvalue weighted by Gasteiger charge is 2.36. The Morgan fingerprint density at radius 3 is 2.53 bits per heavy atom. The van der Waals surface area contributed by atoms with Gasteiger partial charge in [0.25, 0.3) is 0 Å². The lowest BCUT2D eigenvalue weighted by molar-refractivity contribution is 0.115. The van der Waals surface area contributed by atoms with E-state index in [0.29, 0.717) is 0 Å². The smallest absolute Gasteiger partial charge is 0.0796 e. The summed E-state index contributed by atoms with van der Waals surface area (Å²) in [6.45, 7) is 2.07. The molecule has 0 saturated heterocycles. The summed E-state index contributed by atoms with van der Waals surface area (Å²) in [4.78, 5) is 0. The second kappa shape index (κ2) is 3.95. The zero-order valence-corrected chi connectivity index (χ0v) is 9.49. The Morgan fingerprint density at radius 1 is 1.33 bits per heavy atom. The van der Waals surface area contributed by atoms with E-state index in [1.807, 2.05) is 0 Å². The molecule has 1 unspecified atom stereocenters. The number of hydrogen-bond donors (Lipinski definition) is 1. The van der Waals surface area contributed by atoms with Crippen LogP contribution in [-0.4, -0.2) is 7.11 Å². The second-order valence-electron chi connectivity index (χ2n) is 4.47. The first kappa shape index (κ1) is 10.7. The van der Waals surface area contributed by atoms with E-state index in [2.05, 4.69) is 31.2 Å². The zero-order valence-electron chi connectivity index (χ0n) is 9.49. The number of benzene rings is 1. The van der Waals surface area contributed by atoms with Crippen molar-refractivity contribution in [2.45, 2.75) is 37.8 Å². The van der Waals surface area contributed by atoms with E-state index in [9.17, 15) is 0 Å². The maximum atomic E-state index is 6.36. The Balaban J connectivity index is 2.37. The van der Waals surface area contributed by atoms with Gasteiger partial charge in [-0.05, 0) is 37.3 Å². The van der Waals surface area contributed by atoms with Gasteiger partial charge in [-0.2, -0.15) is 0 Å². The third-order valence-corrected chi connectivity index (χ3v) is 3.53. The van der Waals surface area contributed by atoms with Gasteiger partial charge in [0.1, 0.15) is 0 Å². The Hall–Kier alpha value is -0.860. The summed E-state index contributed by atoms with van der Waals surface area (Å²) in [7, 11) is 1.74. The number of ether oxygens (including phenoxy) is 1. The summed E-state index contributed by atoms with van der Waals surface area (Å²) in [5, 5.41) is 0. The maximum Gasteiger partial charge on any atom is 0.0796 e. The number of methoxy groups -OCH3 is 1. The SMILES string of the molecule is COC(C)c1ccccc1C1(N)CCC1. The van der Waals surface area contributed by atoms with Gasteiger partial charge in [-0.1, -0.05) is 24.3 Å². The second-order valence-corrected chi connectivity index (χ2v) is 4.47. The fraction of sp³-hybridized carbons (Fsp3) is 0.538. The summed E-state index contributed by atoms with van der Waals surface area (Å²) in [5.41, 5.74) is 8.78. The van der Waals surface area contributed by atoms with E-state index in [4.69, 9.17) is 10.5 Å². The minimum absolute atomic E-state index is 0.0939. The van der Waals surface area contributed by atoms with Crippen LogP contribution in [0.3, 0.4) is 0 Å². The molecule has 1 aromatic carbocycles. The van der Waals surface area contributed by atoms with Crippen molar-refractivity contribution < 1.29 is 4.74 Å². The van der Waals surface area contributed by atoms with E-state index in [0.717, 1.165) is 12.8 Å². The molecule has 1 aliphatic rings. The fourth-order valence-corrected chi connectivity index (χ4v) is 2.26. The number of nitrogens with two attached hydrogens (primary N) is 1. The molecule has 0 spiro atoms. The minimum atomic E-state index is -0.0939. The highest BCUT2D eigenvalue weighted by molar-refractivity contribution is 5.36. The molecule has 0 aromatic heterocycles. The standard InChI is InChI=1S/C13H19NO/c1-10(15-2)11-6-3-4-7-12(11)13(14)8-5-9-13/h3-4,6-7,10H,5,8-9,14H2,1-2H3. The third-order valence-electron chi connectivity index (χ3n) is 3.53. The molecule has 0 amide bonds. The highest BCUT2D eigenvalue weighted by atomic mass is 16.5. The van der Waals surface area contributed by atoms with Crippen LogP contribution in [-0.2, 0) is 10.3 Å². The maximum absolute atomic E-state index is 6.36. The predicted octanol–water partition coefficient (Wildman–Crippen LogP) is 2.73. The third kappa shape index (κ3) is 1.80. The van der Waals surface area contributed by atoms with Gasteiger partial charge in [0.15, 0.2) is 0 Å². The lowest BCUT2D eigenvalue weighted by Gasteiger charge is -2.40. The van der Waals surface area contributed by atoms with Crippen molar-refractivity contribution in [1.82, 2.24) is 0 Å². The summed E-state index contributed by atoms with van der Waals surface area (Å²) < 4.78 is 5.39. The van der Waals surface area contributed by atoms with Crippen LogP contribution in [0.4, 0.5) is 0 Å². The molecule has 2 rings (SSSR count). The van der Waals surface area contributed by atoms with Crippen molar-refractivity contribution in [1.29, 1.82) is 0 Å². The van der Waals surface area contributed by atoms with Crippen molar-refractivity contribution >= 4 is 0 Å². The molecule has 0 heterocycles. The van der Waals surface area contributed by atoms with Gasteiger partial charge in [0.2, 0.25) is 0 Å². The minimum Gasteiger partial charge on any atom is -0.377 e. The molecule has 1 aromatic rings. The Labute approximate surface area is 91.4 Å². The lowest BCUT2D eigenvalue weighted by Crippen LogP contribution is -2.44. The fourth-order valence-electron chi connectivity index (χ4n) is 2.26. The van der Waals surface area contributed by atoms with Crippen LogP contribution < -0.4 is 5.73 Å². The van der Waals surface area contributed by atoms with Gasteiger partial charge in [0.05, 0.1) is 6.10 Å². The first-order valence-electron chi connectivity index (χ1n) is 5.58. The number of rotatable bonds is 3. The molecule has 82 valence electrons. The molecule has 1 aliphatic carbocycles. The molecule has 1 fully saturated rings. The average molecular weight is 205 g/mol. The van der Waals surface area contributed by atoms with Crippen LogP contribution >= 0.6 is 0 Å². The first-order valence-corrected chi connectivity index (χ1v) is 5.58. The molecule has 2 heteroatoms. The van der Waals surface area contributed by atoms with E-state index in [-0.39, 0.29) is 11.6 Å². The summed E-state index contributed by atoms with van der Waals surface area (Å²) in [6, 6.07) is 8.38. The molecule has 2 N–H and O–H groups in total. The van der Waals surface area contributed by atoms with Crippen molar-refractivity contribution in [2.75, 3.05) is 7.11 Å². The normalized spacial score (nSPS) is 20.7. The van der Waals surface area contributed by atoms with E-state index in [1.165, 1.54) is 17.5 Å². The van der Waals surface area contributed by atoms with Crippen molar-refractivity contribution in [3.63, 3.8) is 0 Å². The largest absolute Gasteiger partial charge is 0.377 e. The van der Waals surface area contributed by atoms with Crippen LogP contribution in [0.1, 0.15) is 43.4 Å².